The average molecular weight is 423 g/mol. The van der Waals surface area contributed by atoms with Gasteiger partial charge in [-0.2, -0.15) is 0 Å². The normalized spacial score (nSPS) is 16.2. The molecule has 164 valence electrons. The molecule has 1 aliphatic heterocycles. The molecule has 6 nitrogen and oxygen atoms in total. The molecule has 0 amide bonds. The van der Waals surface area contributed by atoms with E-state index in [2.05, 4.69) is 16.0 Å². The van der Waals surface area contributed by atoms with Crippen LogP contribution in [-0.4, -0.2) is 55.5 Å². The Morgan fingerprint density at radius 2 is 1.71 bits per heavy atom. The van der Waals surface area contributed by atoms with E-state index >= 15 is 0 Å². The number of benzene rings is 2. The van der Waals surface area contributed by atoms with Crippen molar-refractivity contribution in [1.29, 1.82) is 0 Å². The van der Waals surface area contributed by atoms with Crippen molar-refractivity contribution < 1.29 is 19.3 Å². The van der Waals surface area contributed by atoms with Crippen molar-refractivity contribution in [3.63, 3.8) is 0 Å². The van der Waals surface area contributed by atoms with E-state index in [0.29, 0.717) is 36.7 Å². The number of methoxy groups -OCH3 is 2. The van der Waals surface area contributed by atoms with E-state index in [9.17, 15) is 5.11 Å². The van der Waals surface area contributed by atoms with Crippen LogP contribution in [0.5, 0.6) is 17.2 Å². The van der Waals surface area contributed by atoms with Gasteiger partial charge in [0, 0.05) is 36.8 Å². The lowest BCUT2D eigenvalue weighted by Gasteiger charge is -2.38. The minimum absolute atomic E-state index is 0.575. The summed E-state index contributed by atoms with van der Waals surface area (Å²) in [5.41, 5.74) is 1.06. The maximum atomic E-state index is 11.2. The molecule has 2 heterocycles. The van der Waals surface area contributed by atoms with Crippen LogP contribution in [-0.2, 0) is 5.60 Å². The third-order valence-corrected chi connectivity index (χ3v) is 6.06. The number of pyridine rings is 1. The Balaban J connectivity index is 1.28. The summed E-state index contributed by atoms with van der Waals surface area (Å²) in [6, 6.07) is 15.7. The lowest BCUT2D eigenvalue weighted by molar-refractivity contribution is -0.0266. The van der Waals surface area contributed by atoms with Gasteiger partial charge in [0.25, 0.3) is 0 Å². The molecule has 1 aliphatic rings. The summed E-state index contributed by atoms with van der Waals surface area (Å²) in [7, 11) is 3.25. The number of piperidine rings is 1. The Kier molecular flexibility index (Phi) is 6.59. The lowest BCUT2D eigenvalue weighted by atomic mass is 9.85. The summed E-state index contributed by atoms with van der Waals surface area (Å²) in [4.78, 5) is 6.91. The first-order valence-corrected chi connectivity index (χ1v) is 10.8. The van der Waals surface area contributed by atoms with Gasteiger partial charge in [-0.3, -0.25) is 4.98 Å². The van der Waals surface area contributed by atoms with Crippen molar-refractivity contribution >= 4 is 10.9 Å². The van der Waals surface area contributed by atoms with Crippen LogP contribution in [0, 0.1) is 0 Å². The van der Waals surface area contributed by atoms with Gasteiger partial charge >= 0.3 is 0 Å². The van der Waals surface area contributed by atoms with Crippen molar-refractivity contribution in [2.45, 2.75) is 24.9 Å². The summed E-state index contributed by atoms with van der Waals surface area (Å²) in [6.45, 7) is 3.19. The predicted molar refractivity (Wildman–Crippen MR) is 121 cm³/mol. The molecule has 0 spiro atoms. The van der Waals surface area contributed by atoms with Crippen molar-refractivity contribution in [1.82, 2.24) is 9.88 Å². The molecule has 0 unspecified atom stereocenters. The number of aromatic nitrogens is 1. The molecule has 4 rings (SSSR count). The van der Waals surface area contributed by atoms with Gasteiger partial charge < -0.3 is 24.2 Å². The number of hydrogen-bond acceptors (Lipinski definition) is 6. The number of nitrogens with zero attached hydrogens (tertiary/aromatic N) is 2. The largest absolute Gasteiger partial charge is 0.493 e. The first-order chi connectivity index (χ1) is 15.1. The van der Waals surface area contributed by atoms with Crippen LogP contribution in [0.1, 0.15) is 24.8 Å². The highest BCUT2D eigenvalue weighted by Gasteiger charge is 2.34. The molecule has 0 radical (unpaired) electrons. The Labute approximate surface area is 183 Å². The molecular weight excluding hydrogens is 392 g/mol. The van der Waals surface area contributed by atoms with Crippen LogP contribution >= 0.6 is 0 Å². The van der Waals surface area contributed by atoms with Gasteiger partial charge in [-0.05, 0) is 43.5 Å². The van der Waals surface area contributed by atoms with Crippen molar-refractivity contribution in [2.24, 2.45) is 0 Å². The molecule has 0 saturated carbocycles. The van der Waals surface area contributed by atoms with Crippen LogP contribution in [0.25, 0.3) is 10.9 Å². The molecule has 1 fully saturated rings. The van der Waals surface area contributed by atoms with E-state index in [0.717, 1.165) is 42.5 Å². The molecule has 0 atom stereocenters. The summed E-state index contributed by atoms with van der Waals surface area (Å²) < 4.78 is 16.7. The second-order valence-corrected chi connectivity index (χ2v) is 7.98. The van der Waals surface area contributed by atoms with E-state index in [-0.39, 0.29) is 0 Å². The Bertz CT molecular complexity index is 993. The van der Waals surface area contributed by atoms with Crippen LogP contribution < -0.4 is 14.2 Å². The third kappa shape index (κ3) is 4.75. The molecule has 2 aromatic carbocycles. The quantitative estimate of drug-likeness (QED) is 0.554. The summed E-state index contributed by atoms with van der Waals surface area (Å²) >= 11 is 0. The zero-order valence-electron chi connectivity index (χ0n) is 18.2. The van der Waals surface area contributed by atoms with Gasteiger partial charge in [0.05, 0.1) is 31.9 Å². The van der Waals surface area contributed by atoms with Gasteiger partial charge in [0.1, 0.15) is 0 Å². The highest BCUT2D eigenvalue weighted by Crippen LogP contribution is 2.37. The number of rotatable bonds is 8. The van der Waals surface area contributed by atoms with Gasteiger partial charge in [0.2, 0.25) is 5.75 Å². The Morgan fingerprint density at radius 3 is 2.42 bits per heavy atom. The zero-order valence-corrected chi connectivity index (χ0v) is 18.2. The van der Waals surface area contributed by atoms with E-state index in [1.165, 1.54) is 0 Å². The van der Waals surface area contributed by atoms with Crippen molar-refractivity contribution in [2.75, 3.05) is 40.5 Å². The minimum atomic E-state index is -0.811. The second-order valence-electron chi connectivity index (χ2n) is 7.98. The molecule has 1 aromatic heterocycles. The number of fused-ring (bicyclic) bond motifs is 1. The molecule has 1 N–H and O–H groups in total. The molecule has 0 bridgehead atoms. The predicted octanol–water partition coefficient (Wildman–Crippen LogP) is 4.00. The molecule has 3 aromatic rings. The Hall–Kier alpha value is -2.83. The monoisotopic (exact) mass is 422 g/mol. The number of ether oxygens (including phenoxy) is 3. The summed E-state index contributed by atoms with van der Waals surface area (Å²) in [5.74, 6) is 1.99. The van der Waals surface area contributed by atoms with E-state index < -0.39 is 5.60 Å². The number of likely N-dealkylation sites (tertiary alicyclic amines) is 1. The van der Waals surface area contributed by atoms with E-state index in [1.54, 1.807) is 14.2 Å². The van der Waals surface area contributed by atoms with Crippen LogP contribution in [0.4, 0.5) is 0 Å². The molecule has 0 aliphatic carbocycles. The van der Waals surface area contributed by atoms with Gasteiger partial charge in [-0.1, -0.05) is 24.3 Å². The first kappa shape index (κ1) is 21.4. The maximum Gasteiger partial charge on any atom is 0.203 e. The summed E-state index contributed by atoms with van der Waals surface area (Å²) in [5, 5.41) is 12.3. The fourth-order valence-electron chi connectivity index (χ4n) is 4.18. The lowest BCUT2D eigenvalue weighted by Crippen LogP contribution is -2.43. The smallest absolute Gasteiger partial charge is 0.203 e. The second kappa shape index (κ2) is 9.54. The highest BCUT2D eigenvalue weighted by molar-refractivity contribution is 5.78. The third-order valence-electron chi connectivity index (χ3n) is 6.06. The van der Waals surface area contributed by atoms with Crippen LogP contribution in [0.2, 0.25) is 0 Å². The van der Waals surface area contributed by atoms with Gasteiger partial charge in [-0.15, -0.1) is 0 Å². The standard InChI is InChI=1S/C25H30N2O4/c1-29-22-9-5-10-23(30-2)24(22)31-16-6-13-27-14-11-25(28,12-15-27)20-17-19-7-3-4-8-21(19)26-18-20/h3-5,7-10,17-18,28H,6,11-16H2,1-2H3. The SMILES string of the molecule is COc1cccc(OC)c1OCCCN1CCC(O)(c2cnc3ccccc3c2)CC1. The molecular formula is C25H30N2O4. The Morgan fingerprint density at radius 1 is 1.00 bits per heavy atom. The maximum absolute atomic E-state index is 11.2. The average Bonchev–Trinajstić information content (AvgIpc) is 2.82. The molecule has 6 heteroatoms. The first-order valence-electron chi connectivity index (χ1n) is 10.8. The van der Waals surface area contributed by atoms with Gasteiger partial charge in [0.15, 0.2) is 11.5 Å². The summed E-state index contributed by atoms with van der Waals surface area (Å²) in [6.07, 6.45) is 4.12. The van der Waals surface area contributed by atoms with Crippen molar-refractivity contribution in [3.8, 4) is 17.2 Å². The number of para-hydroxylation sites is 2. The molecule has 1 saturated heterocycles. The number of hydrogen-bond donors (Lipinski definition) is 1. The minimum Gasteiger partial charge on any atom is -0.493 e. The van der Waals surface area contributed by atoms with Gasteiger partial charge in [-0.25, -0.2) is 0 Å². The highest BCUT2D eigenvalue weighted by atomic mass is 16.5. The van der Waals surface area contributed by atoms with E-state index in [4.69, 9.17) is 14.2 Å². The van der Waals surface area contributed by atoms with Crippen molar-refractivity contribution in [3.05, 3.63) is 60.3 Å². The molecule has 31 heavy (non-hydrogen) atoms. The van der Waals surface area contributed by atoms with Crippen LogP contribution in [0.3, 0.4) is 0 Å². The van der Waals surface area contributed by atoms with Crippen LogP contribution in [0.15, 0.2) is 54.7 Å². The number of aliphatic hydroxyl groups is 1. The zero-order chi connectivity index (χ0) is 21.7. The van der Waals surface area contributed by atoms with E-state index in [1.807, 2.05) is 48.7 Å². The fourth-order valence-corrected chi connectivity index (χ4v) is 4.18. The topological polar surface area (TPSA) is 64.0 Å². The fraction of sp³-hybridized carbons (Fsp3) is 0.400.